The summed E-state index contributed by atoms with van der Waals surface area (Å²) in [6, 6.07) is 11.5. The first-order valence-electron chi connectivity index (χ1n) is 11.5. The molecule has 0 aliphatic carbocycles. The van der Waals surface area contributed by atoms with Gasteiger partial charge in [-0.3, -0.25) is 9.59 Å². The molecule has 0 spiro atoms. The van der Waals surface area contributed by atoms with E-state index < -0.39 is 34.4 Å². The molecule has 1 aliphatic heterocycles. The summed E-state index contributed by atoms with van der Waals surface area (Å²) in [6.45, 7) is 5.61. The second kappa shape index (κ2) is 11.0. The number of carbonyl (C=O) groups is 3. The van der Waals surface area contributed by atoms with Gasteiger partial charge in [0.15, 0.2) is 22.2 Å². The van der Waals surface area contributed by atoms with E-state index in [2.05, 4.69) is 0 Å². The van der Waals surface area contributed by atoms with Crippen molar-refractivity contribution in [2.45, 2.75) is 46.1 Å². The fourth-order valence-electron chi connectivity index (χ4n) is 4.13. The Balaban J connectivity index is 1.75. The lowest BCUT2D eigenvalue weighted by Gasteiger charge is -2.28. The van der Waals surface area contributed by atoms with Crippen LogP contribution in [0.2, 0.25) is 0 Å². The number of ether oxygens (including phenoxy) is 1. The molecular weight excluding hydrogens is 454 g/mol. The molecule has 2 aromatic carbocycles. The van der Waals surface area contributed by atoms with Gasteiger partial charge >= 0.3 is 5.97 Å². The first-order chi connectivity index (χ1) is 16.1. The fourth-order valence-corrected chi connectivity index (χ4v) is 5.86. The molecular formula is C26H31NO6S. The average molecular weight is 486 g/mol. The van der Waals surface area contributed by atoms with Crippen LogP contribution in [0, 0.1) is 13.8 Å². The van der Waals surface area contributed by atoms with Crippen molar-refractivity contribution in [3.8, 4) is 0 Å². The number of nitrogens with zero attached hydrogens (tertiary/aromatic N) is 1. The average Bonchev–Trinajstić information content (AvgIpc) is 3.18. The molecule has 0 aromatic heterocycles. The quantitative estimate of drug-likeness (QED) is 0.398. The topological polar surface area (TPSA) is 97.8 Å². The summed E-state index contributed by atoms with van der Waals surface area (Å²) in [7, 11) is -3.16. The van der Waals surface area contributed by atoms with Gasteiger partial charge in [0.1, 0.15) is 0 Å². The van der Waals surface area contributed by atoms with Crippen LogP contribution >= 0.6 is 0 Å². The lowest BCUT2D eigenvalue weighted by atomic mass is 9.94. The molecule has 7 nitrogen and oxygen atoms in total. The third-order valence-electron chi connectivity index (χ3n) is 6.08. The van der Waals surface area contributed by atoms with E-state index in [-0.39, 0.29) is 28.4 Å². The van der Waals surface area contributed by atoms with Gasteiger partial charge in [-0.15, -0.1) is 0 Å². The van der Waals surface area contributed by atoms with Crippen LogP contribution in [-0.2, 0) is 19.4 Å². The number of hydrogen-bond acceptors (Lipinski definition) is 6. The van der Waals surface area contributed by atoms with Crippen molar-refractivity contribution >= 4 is 27.5 Å². The minimum atomic E-state index is -3.16. The van der Waals surface area contributed by atoms with Crippen molar-refractivity contribution in [1.82, 2.24) is 4.90 Å². The predicted octanol–water partition coefficient (Wildman–Crippen LogP) is 3.51. The zero-order valence-corrected chi connectivity index (χ0v) is 20.7. The Morgan fingerprint density at radius 2 is 1.74 bits per heavy atom. The molecule has 182 valence electrons. The summed E-state index contributed by atoms with van der Waals surface area (Å²) in [5, 5.41) is 0. The highest BCUT2D eigenvalue weighted by molar-refractivity contribution is 7.91. The minimum Gasteiger partial charge on any atom is -0.452 e. The summed E-state index contributed by atoms with van der Waals surface area (Å²) >= 11 is 0. The van der Waals surface area contributed by atoms with Gasteiger partial charge in [0.05, 0.1) is 17.1 Å². The van der Waals surface area contributed by atoms with Gasteiger partial charge in [0, 0.05) is 23.7 Å². The number of benzene rings is 2. The Kier molecular flexibility index (Phi) is 8.25. The summed E-state index contributed by atoms with van der Waals surface area (Å²) < 4.78 is 29.1. The lowest BCUT2D eigenvalue weighted by molar-refractivity contribution is -0.136. The molecule has 8 heteroatoms. The van der Waals surface area contributed by atoms with Crippen LogP contribution in [0.25, 0.3) is 0 Å². The number of esters is 1. The largest absolute Gasteiger partial charge is 0.452 e. The number of hydrogen-bond donors (Lipinski definition) is 0. The van der Waals surface area contributed by atoms with E-state index in [0.29, 0.717) is 18.5 Å². The lowest BCUT2D eigenvalue weighted by Crippen LogP contribution is -2.44. The SMILES string of the molecule is CCCCN(C(=O)COC(=O)c1ccccc1C(=O)c1cc(C)ccc1C)C1CCS(=O)(=O)C1. The second-order valence-corrected chi connectivity index (χ2v) is 11.0. The third kappa shape index (κ3) is 6.11. The van der Waals surface area contributed by atoms with Gasteiger partial charge in [-0.2, -0.15) is 0 Å². The van der Waals surface area contributed by atoms with Gasteiger partial charge in [0.25, 0.3) is 5.91 Å². The summed E-state index contributed by atoms with van der Waals surface area (Å²) in [6.07, 6.45) is 1.96. The van der Waals surface area contributed by atoms with Gasteiger partial charge in [0.2, 0.25) is 0 Å². The summed E-state index contributed by atoms with van der Waals surface area (Å²) in [5.74, 6) is -1.50. The van der Waals surface area contributed by atoms with Gasteiger partial charge in [-0.05, 0) is 44.4 Å². The van der Waals surface area contributed by atoms with Crippen molar-refractivity contribution in [1.29, 1.82) is 0 Å². The van der Waals surface area contributed by atoms with Crippen LogP contribution in [0.1, 0.15) is 63.6 Å². The maximum absolute atomic E-state index is 13.2. The van der Waals surface area contributed by atoms with E-state index in [1.165, 1.54) is 11.0 Å². The van der Waals surface area contributed by atoms with Crippen molar-refractivity contribution < 1.29 is 27.5 Å². The molecule has 1 saturated heterocycles. The number of ketones is 1. The number of rotatable bonds is 9. The number of carbonyl (C=O) groups excluding carboxylic acids is 3. The monoisotopic (exact) mass is 485 g/mol. The smallest absolute Gasteiger partial charge is 0.339 e. The van der Waals surface area contributed by atoms with Gasteiger partial charge < -0.3 is 9.64 Å². The Morgan fingerprint density at radius 1 is 1.03 bits per heavy atom. The number of aryl methyl sites for hydroxylation is 2. The third-order valence-corrected chi connectivity index (χ3v) is 7.83. The molecule has 1 unspecified atom stereocenters. The van der Waals surface area contributed by atoms with E-state index in [1.807, 2.05) is 32.9 Å². The normalized spacial score (nSPS) is 16.7. The van der Waals surface area contributed by atoms with E-state index in [1.54, 1.807) is 24.3 Å². The maximum Gasteiger partial charge on any atom is 0.339 e. The van der Waals surface area contributed by atoms with E-state index in [0.717, 1.165) is 24.0 Å². The van der Waals surface area contributed by atoms with Crippen LogP contribution in [0.5, 0.6) is 0 Å². The molecule has 0 saturated carbocycles. The van der Waals surface area contributed by atoms with Gasteiger partial charge in [-0.25, -0.2) is 13.2 Å². The Morgan fingerprint density at radius 3 is 2.38 bits per heavy atom. The van der Waals surface area contributed by atoms with Crippen molar-refractivity contribution in [3.63, 3.8) is 0 Å². The molecule has 1 fully saturated rings. The Hall–Kier alpha value is -3.00. The molecule has 2 aromatic rings. The molecule has 0 bridgehead atoms. The van der Waals surface area contributed by atoms with E-state index in [9.17, 15) is 22.8 Å². The Labute approximate surface area is 201 Å². The molecule has 3 rings (SSSR count). The highest BCUT2D eigenvalue weighted by Crippen LogP contribution is 2.21. The molecule has 0 radical (unpaired) electrons. The summed E-state index contributed by atoms with van der Waals surface area (Å²) in [5.41, 5.74) is 2.53. The highest BCUT2D eigenvalue weighted by atomic mass is 32.2. The van der Waals surface area contributed by atoms with Crippen LogP contribution in [0.3, 0.4) is 0 Å². The van der Waals surface area contributed by atoms with E-state index in [4.69, 9.17) is 4.74 Å². The number of amides is 1. The number of sulfone groups is 1. The van der Waals surface area contributed by atoms with E-state index >= 15 is 0 Å². The Bertz CT molecular complexity index is 1190. The van der Waals surface area contributed by atoms with Crippen LogP contribution < -0.4 is 0 Å². The first-order valence-corrected chi connectivity index (χ1v) is 13.3. The van der Waals surface area contributed by atoms with Crippen LogP contribution in [-0.4, -0.2) is 61.7 Å². The van der Waals surface area contributed by atoms with Gasteiger partial charge in [-0.1, -0.05) is 49.2 Å². The predicted molar refractivity (Wildman–Crippen MR) is 130 cm³/mol. The zero-order valence-electron chi connectivity index (χ0n) is 19.9. The first kappa shape index (κ1) is 25.6. The minimum absolute atomic E-state index is 0.0568. The molecule has 1 amide bonds. The molecule has 1 aliphatic rings. The van der Waals surface area contributed by atoms with Crippen molar-refractivity contribution in [2.75, 3.05) is 24.7 Å². The molecule has 0 N–H and O–H groups in total. The molecule has 1 heterocycles. The summed E-state index contributed by atoms with van der Waals surface area (Å²) in [4.78, 5) is 40.5. The number of unbranched alkanes of at least 4 members (excludes halogenated alkanes) is 1. The highest BCUT2D eigenvalue weighted by Gasteiger charge is 2.34. The standard InChI is InChI=1S/C26H31NO6S/c1-4-5-13-27(20-12-14-34(31,32)17-20)24(28)16-33-26(30)22-9-7-6-8-21(22)25(29)23-15-18(2)10-11-19(23)3/h6-11,15,20H,4-5,12-14,16-17H2,1-3H3. The fraction of sp³-hybridized carbons (Fsp3) is 0.423. The molecule has 1 atom stereocenters. The van der Waals surface area contributed by atoms with Crippen LogP contribution in [0.4, 0.5) is 0 Å². The van der Waals surface area contributed by atoms with Crippen molar-refractivity contribution in [2.24, 2.45) is 0 Å². The second-order valence-electron chi connectivity index (χ2n) is 8.77. The van der Waals surface area contributed by atoms with Crippen molar-refractivity contribution in [3.05, 3.63) is 70.3 Å². The molecule has 34 heavy (non-hydrogen) atoms. The maximum atomic E-state index is 13.2. The van der Waals surface area contributed by atoms with Crippen LogP contribution in [0.15, 0.2) is 42.5 Å². The zero-order chi connectivity index (χ0) is 24.9.